The van der Waals surface area contributed by atoms with E-state index in [1.165, 1.54) is 0 Å². The Balaban J connectivity index is 2.31. The zero-order valence-electron chi connectivity index (χ0n) is 10.8. The average Bonchev–Trinajstić information content (AvgIpc) is 2.46. The van der Waals surface area contributed by atoms with E-state index in [0.29, 0.717) is 6.54 Å². The molecule has 0 aliphatic heterocycles. The Hall–Kier alpha value is -2.00. The molecule has 3 heteroatoms. The van der Waals surface area contributed by atoms with Crippen LogP contribution in [-0.4, -0.2) is 14.2 Å². The van der Waals surface area contributed by atoms with Gasteiger partial charge in [-0.1, -0.05) is 18.2 Å². The predicted molar refractivity (Wildman–Crippen MR) is 75.4 cm³/mol. The molecule has 18 heavy (non-hydrogen) atoms. The summed E-state index contributed by atoms with van der Waals surface area (Å²) in [6.45, 7) is 0.538. The van der Waals surface area contributed by atoms with Crippen LogP contribution in [0, 0.1) is 0 Å². The standard InChI is InChI=1S/C15H18N2O/c1-17(13-7-9-14(18-2)10-8-13)15-6-4-3-5-12(15)11-16/h3-10H,11,16H2,1-2H3. The Bertz CT molecular complexity index is 508. The van der Waals surface area contributed by atoms with Gasteiger partial charge >= 0.3 is 0 Å². The normalized spacial score (nSPS) is 10.2. The second-order valence-electron chi connectivity index (χ2n) is 4.09. The van der Waals surface area contributed by atoms with Gasteiger partial charge < -0.3 is 15.4 Å². The third kappa shape index (κ3) is 2.46. The van der Waals surface area contributed by atoms with E-state index in [0.717, 1.165) is 22.7 Å². The fourth-order valence-corrected chi connectivity index (χ4v) is 1.96. The first kappa shape index (κ1) is 12.5. The van der Waals surface area contributed by atoms with E-state index in [1.54, 1.807) is 7.11 Å². The summed E-state index contributed by atoms with van der Waals surface area (Å²) in [6.07, 6.45) is 0. The van der Waals surface area contributed by atoms with Gasteiger partial charge in [-0.25, -0.2) is 0 Å². The minimum atomic E-state index is 0.538. The van der Waals surface area contributed by atoms with Gasteiger partial charge in [0.1, 0.15) is 5.75 Å². The smallest absolute Gasteiger partial charge is 0.119 e. The Morgan fingerprint density at radius 1 is 1.06 bits per heavy atom. The number of ether oxygens (including phenoxy) is 1. The highest BCUT2D eigenvalue weighted by molar-refractivity contribution is 5.66. The molecule has 0 spiro atoms. The van der Waals surface area contributed by atoms with Crippen molar-refractivity contribution in [3.8, 4) is 5.75 Å². The SMILES string of the molecule is COc1ccc(N(C)c2ccccc2CN)cc1. The van der Waals surface area contributed by atoms with Crippen LogP contribution < -0.4 is 15.4 Å². The van der Waals surface area contributed by atoms with Gasteiger partial charge in [0, 0.05) is 25.0 Å². The molecule has 0 bridgehead atoms. The van der Waals surface area contributed by atoms with Gasteiger partial charge in [0.2, 0.25) is 0 Å². The number of methoxy groups -OCH3 is 1. The first-order valence-corrected chi connectivity index (χ1v) is 5.92. The molecule has 0 aliphatic rings. The third-order valence-electron chi connectivity index (χ3n) is 3.03. The highest BCUT2D eigenvalue weighted by Crippen LogP contribution is 2.27. The van der Waals surface area contributed by atoms with Crippen molar-refractivity contribution in [3.63, 3.8) is 0 Å². The minimum Gasteiger partial charge on any atom is -0.497 e. The van der Waals surface area contributed by atoms with Crippen molar-refractivity contribution in [2.45, 2.75) is 6.54 Å². The molecular weight excluding hydrogens is 224 g/mol. The van der Waals surface area contributed by atoms with Crippen LogP contribution in [0.2, 0.25) is 0 Å². The molecule has 0 saturated heterocycles. The van der Waals surface area contributed by atoms with Gasteiger partial charge in [-0.2, -0.15) is 0 Å². The van der Waals surface area contributed by atoms with Gasteiger partial charge in [0.25, 0.3) is 0 Å². The lowest BCUT2D eigenvalue weighted by molar-refractivity contribution is 0.415. The van der Waals surface area contributed by atoms with Crippen LogP contribution in [0.5, 0.6) is 5.75 Å². The van der Waals surface area contributed by atoms with E-state index in [9.17, 15) is 0 Å². The summed E-state index contributed by atoms with van der Waals surface area (Å²) in [7, 11) is 3.71. The van der Waals surface area contributed by atoms with Crippen LogP contribution in [-0.2, 0) is 6.54 Å². The summed E-state index contributed by atoms with van der Waals surface area (Å²) >= 11 is 0. The molecule has 2 N–H and O–H groups in total. The number of nitrogens with two attached hydrogens (primary N) is 1. The number of hydrogen-bond donors (Lipinski definition) is 1. The fraction of sp³-hybridized carbons (Fsp3) is 0.200. The van der Waals surface area contributed by atoms with E-state index >= 15 is 0 Å². The Morgan fingerprint density at radius 3 is 2.33 bits per heavy atom. The molecule has 3 nitrogen and oxygen atoms in total. The van der Waals surface area contributed by atoms with Gasteiger partial charge in [0.15, 0.2) is 0 Å². The minimum absolute atomic E-state index is 0.538. The molecule has 0 aromatic heterocycles. The molecule has 0 heterocycles. The third-order valence-corrected chi connectivity index (χ3v) is 3.03. The van der Waals surface area contributed by atoms with E-state index in [2.05, 4.69) is 17.0 Å². The molecule has 0 fully saturated rings. The number of nitrogens with zero attached hydrogens (tertiary/aromatic N) is 1. The second-order valence-corrected chi connectivity index (χ2v) is 4.09. The van der Waals surface area contributed by atoms with Crippen LogP contribution >= 0.6 is 0 Å². The van der Waals surface area contributed by atoms with Crippen molar-refractivity contribution in [2.75, 3.05) is 19.1 Å². The van der Waals surface area contributed by atoms with Crippen molar-refractivity contribution < 1.29 is 4.74 Å². The highest BCUT2D eigenvalue weighted by atomic mass is 16.5. The molecule has 2 rings (SSSR count). The molecule has 0 radical (unpaired) electrons. The Labute approximate surface area is 108 Å². The summed E-state index contributed by atoms with van der Waals surface area (Å²) in [5.41, 5.74) is 9.14. The molecule has 2 aromatic rings. The summed E-state index contributed by atoms with van der Waals surface area (Å²) in [6, 6.07) is 16.1. The summed E-state index contributed by atoms with van der Waals surface area (Å²) < 4.78 is 5.16. The zero-order chi connectivity index (χ0) is 13.0. The van der Waals surface area contributed by atoms with Gasteiger partial charge in [-0.3, -0.25) is 0 Å². The first-order chi connectivity index (χ1) is 8.76. The number of rotatable bonds is 4. The van der Waals surface area contributed by atoms with Crippen LogP contribution in [0.4, 0.5) is 11.4 Å². The van der Waals surface area contributed by atoms with E-state index < -0.39 is 0 Å². The van der Waals surface area contributed by atoms with Crippen LogP contribution in [0.15, 0.2) is 48.5 Å². The monoisotopic (exact) mass is 242 g/mol. The van der Waals surface area contributed by atoms with Gasteiger partial charge in [-0.15, -0.1) is 0 Å². The van der Waals surface area contributed by atoms with Gasteiger partial charge in [-0.05, 0) is 35.9 Å². The molecule has 0 atom stereocenters. The molecule has 0 aliphatic carbocycles. The maximum Gasteiger partial charge on any atom is 0.119 e. The number of benzene rings is 2. The van der Waals surface area contributed by atoms with Crippen molar-refractivity contribution in [1.29, 1.82) is 0 Å². The summed E-state index contributed by atoms with van der Waals surface area (Å²) in [5.74, 6) is 0.860. The topological polar surface area (TPSA) is 38.5 Å². The number of hydrogen-bond acceptors (Lipinski definition) is 3. The van der Waals surface area contributed by atoms with Crippen LogP contribution in [0.1, 0.15) is 5.56 Å². The molecule has 0 saturated carbocycles. The molecular formula is C15H18N2O. The molecule has 0 unspecified atom stereocenters. The maximum atomic E-state index is 5.77. The highest BCUT2D eigenvalue weighted by Gasteiger charge is 2.07. The number of para-hydroxylation sites is 1. The van der Waals surface area contributed by atoms with Crippen molar-refractivity contribution in [2.24, 2.45) is 5.73 Å². The van der Waals surface area contributed by atoms with E-state index in [-0.39, 0.29) is 0 Å². The second kappa shape index (κ2) is 5.56. The molecule has 94 valence electrons. The number of anilines is 2. The van der Waals surface area contributed by atoms with Crippen LogP contribution in [0.25, 0.3) is 0 Å². The van der Waals surface area contributed by atoms with E-state index in [4.69, 9.17) is 10.5 Å². The maximum absolute atomic E-state index is 5.77. The van der Waals surface area contributed by atoms with Crippen LogP contribution in [0.3, 0.4) is 0 Å². The lowest BCUT2D eigenvalue weighted by Gasteiger charge is -2.22. The summed E-state index contributed by atoms with van der Waals surface area (Å²) in [5, 5.41) is 0. The van der Waals surface area contributed by atoms with Gasteiger partial charge in [0.05, 0.1) is 7.11 Å². The Morgan fingerprint density at radius 2 is 1.72 bits per heavy atom. The average molecular weight is 242 g/mol. The summed E-state index contributed by atoms with van der Waals surface area (Å²) in [4.78, 5) is 2.13. The van der Waals surface area contributed by atoms with E-state index in [1.807, 2.05) is 43.4 Å². The van der Waals surface area contributed by atoms with Crippen molar-refractivity contribution in [3.05, 3.63) is 54.1 Å². The molecule has 0 amide bonds. The lowest BCUT2D eigenvalue weighted by atomic mass is 10.1. The fourth-order valence-electron chi connectivity index (χ4n) is 1.96. The van der Waals surface area contributed by atoms with Crippen molar-refractivity contribution in [1.82, 2.24) is 0 Å². The Kier molecular flexibility index (Phi) is 3.85. The first-order valence-electron chi connectivity index (χ1n) is 5.92. The largest absolute Gasteiger partial charge is 0.497 e. The quantitative estimate of drug-likeness (QED) is 0.896. The molecule has 2 aromatic carbocycles. The van der Waals surface area contributed by atoms with Crippen molar-refractivity contribution >= 4 is 11.4 Å². The predicted octanol–water partition coefficient (Wildman–Crippen LogP) is 2.92. The zero-order valence-corrected chi connectivity index (χ0v) is 10.8. The lowest BCUT2D eigenvalue weighted by Crippen LogP contribution is -2.13.